The van der Waals surface area contributed by atoms with Crippen LogP contribution >= 0.6 is 0 Å². The molecule has 1 N–H and O–H groups in total. The lowest BCUT2D eigenvalue weighted by molar-refractivity contribution is 0.0532. The summed E-state index contributed by atoms with van der Waals surface area (Å²) in [6.45, 7) is 8.00. The van der Waals surface area contributed by atoms with Crippen LogP contribution in [0.2, 0.25) is 0 Å². The molecule has 1 unspecified atom stereocenters. The standard InChI is InChI=1S/C20H26N2O4S/c1-14-12-20(15(2)11-19(14)25-4)27(23,24)21-17-5-7-18(8-6-17)22-9-10-26-16(3)13-22/h5-8,11-12,16,21H,9-10,13H2,1-4H3. The van der Waals surface area contributed by atoms with Crippen molar-refractivity contribution in [3.63, 3.8) is 0 Å². The van der Waals surface area contributed by atoms with Crippen LogP contribution in [-0.4, -0.2) is 41.3 Å². The molecular formula is C20H26N2O4S. The van der Waals surface area contributed by atoms with Gasteiger partial charge in [-0.1, -0.05) is 0 Å². The zero-order valence-corrected chi connectivity index (χ0v) is 17.0. The van der Waals surface area contributed by atoms with Gasteiger partial charge in [-0.2, -0.15) is 0 Å². The second-order valence-electron chi connectivity index (χ2n) is 6.87. The maximum atomic E-state index is 12.8. The maximum Gasteiger partial charge on any atom is 0.262 e. The van der Waals surface area contributed by atoms with Gasteiger partial charge in [0.05, 0.1) is 24.7 Å². The van der Waals surface area contributed by atoms with Crippen molar-refractivity contribution in [2.24, 2.45) is 0 Å². The highest BCUT2D eigenvalue weighted by atomic mass is 32.2. The number of sulfonamides is 1. The number of anilines is 2. The summed E-state index contributed by atoms with van der Waals surface area (Å²) in [6, 6.07) is 10.8. The zero-order chi connectivity index (χ0) is 19.6. The quantitative estimate of drug-likeness (QED) is 0.848. The van der Waals surface area contributed by atoms with Crippen molar-refractivity contribution in [1.29, 1.82) is 0 Å². The molecule has 0 aliphatic carbocycles. The fourth-order valence-electron chi connectivity index (χ4n) is 3.28. The van der Waals surface area contributed by atoms with Crippen LogP contribution in [0.3, 0.4) is 0 Å². The Labute approximate surface area is 161 Å². The average molecular weight is 391 g/mol. The highest BCUT2D eigenvalue weighted by Crippen LogP contribution is 2.28. The van der Waals surface area contributed by atoms with Gasteiger partial charge in [0.1, 0.15) is 5.75 Å². The summed E-state index contributed by atoms with van der Waals surface area (Å²) in [4.78, 5) is 2.50. The summed E-state index contributed by atoms with van der Waals surface area (Å²) in [5.74, 6) is 0.676. The van der Waals surface area contributed by atoms with Gasteiger partial charge in [0, 0.05) is 24.5 Å². The van der Waals surface area contributed by atoms with Gasteiger partial charge in [-0.25, -0.2) is 8.42 Å². The summed E-state index contributed by atoms with van der Waals surface area (Å²) >= 11 is 0. The predicted molar refractivity (Wildman–Crippen MR) is 107 cm³/mol. The Hall–Kier alpha value is -2.25. The molecule has 27 heavy (non-hydrogen) atoms. The molecule has 1 atom stereocenters. The van der Waals surface area contributed by atoms with E-state index in [1.807, 2.05) is 26.0 Å². The number of aryl methyl sites for hydroxylation is 2. The first kappa shape index (κ1) is 19.5. The predicted octanol–water partition coefficient (Wildman–Crippen LogP) is 3.34. The number of methoxy groups -OCH3 is 1. The van der Waals surface area contributed by atoms with Crippen molar-refractivity contribution in [1.82, 2.24) is 0 Å². The summed E-state index contributed by atoms with van der Waals surface area (Å²) in [5.41, 5.74) is 3.02. The van der Waals surface area contributed by atoms with Crippen LogP contribution in [0.4, 0.5) is 11.4 Å². The molecule has 6 nitrogen and oxygen atoms in total. The van der Waals surface area contributed by atoms with Gasteiger partial charge in [-0.15, -0.1) is 0 Å². The molecule has 1 fully saturated rings. The number of ether oxygens (including phenoxy) is 2. The molecule has 0 bridgehead atoms. The third-order valence-electron chi connectivity index (χ3n) is 4.71. The van der Waals surface area contributed by atoms with E-state index in [0.717, 1.165) is 24.3 Å². The van der Waals surface area contributed by atoms with Crippen LogP contribution in [0.1, 0.15) is 18.1 Å². The topological polar surface area (TPSA) is 67.9 Å². The number of hydrogen-bond acceptors (Lipinski definition) is 5. The minimum atomic E-state index is -3.68. The van der Waals surface area contributed by atoms with E-state index < -0.39 is 10.0 Å². The number of nitrogens with one attached hydrogen (secondary N) is 1. The summed E-state index contributed by atoms with van der Waals surface area (Å²) in [6.07, 6.45) is 0.193. The largest absolute Gasteiger partial charge is 0.496 e. The monoisotopic (exact) mass is 390 g/mol. The van der Waals surface area contributed by atoms with E-state index in [1.165, 1.54) is 0 Å². The number of rotatable bonds is 5. The third kappa shape index (κ3) is 4.36. The van der Waals surface area contributed by atoms with Crippen molar-refractivity contribution in [2.75, 3.05) is 36.4 Å². The molecule has 2 aromatic carbocycles. The maximum absolute atomic E-state index is 12.8. The molecule has 3 rings (SSSR count). The lowest BCUT2D eigenvalue weighted by Crippen LogP contribution is -2.41. The van der Waals surface area contributed by atoms with Crippen molar-refractivity contribution in [3.8, 4) is 5.75 Å². The minimum absolute atomic E-state index is 0.193. The molecule has 0 amide bonds. The Kier molecular flexibility index (Phi) is 5.62. The van der Waals surface area contributed by atoms with E-state index in [2.05, 4.69) is 9.62 Å². The molecule has 1 aliphatic heterocycles. The molecule has 0 aromatic heterocycles. The van der Waals surface area contributed by atoms with Crippen LogP contribution in [0.15, 0.2) is 41.3 Å². The van der Waals surface area contributed by atoms with E-state index in [1.54, 1.807) is 38.3 Å². The minimum Gasteiger partial charge on any atom is -0.496 e. The molecule has 0 radical (unpaired) electrons. The van der Waals surface area contributed by atoms with Crippen LogP contribution in [-0.2, 0) is 14.8 Å². The lowest BCUT2D eigenvalue weighted by atomic mass is 10.1. The molecule has 1 aliphatic rings. The Morgan fingerprint density at radius 1 is 1.15 bits per heavy atom. The van der Waals surface area contributed by atoms with Gasteiger partial charge >= 0.3 is 0 Å². The Bertz CT molecular complexity index is 910. The molecule has 7 heteroatoms. The number of morpholine rings is 1. The third-order valence-corrected chi connectivity index (χ3v) is 6.23. The average Bonchev–Trinajstić information content (AvgIpc) is 2.63. The Balaban J connectivity index is 1.79. The Morgan fingerprint density at radius 2 is 1.85 bits per heavy atom. The van der Waals surface area contributed by atoms with E-state index in [9.17, 15) is 8.42 Å². The number of benzene rings is 2. The van der Waals surface area contributed by atoms with Gasteiger partial charge in [-0.05, 0) is 68.3 Å². The molecule has 2 aromatic rings. The molecule has 0 saturated carbocycles. The normalized spacial score (nSPS) is 17.6. The van der Waals surface area contributed by atoms with Gasteiger partial charge < -0.3 is 14.4 Å². The second kappa shape index (κ2) is 7.78. The van der Waals surface area contributed by atoms with E-state index in [0.29, 0.717) is 23.6 Å². The number of hydrogen-bond donors (Lipinski definition) is 1. The van der Waals surface area contributed by atoms with Crippen LogP contribution in [0, 0.1) is 13.8 Å². The molecule has 1 saturated heterocycles. The highest BCUT2D eigenvalue weighted by molar-refractivity contribution is 7.92. The van der Waals surface area contributed by atoms with E-state index in [4.69, 9.17) is 9.47 Å². The lowest BCUT2D eigenvalue weighted by Gasteiger charge is -2.33. The summed E-state index contributed by atoms with van der Waals surface area (Å²) < 4.78 is 39.1. The van der Waals surface area contributed by atoms with Crippen LogP contribution in [0.25, 0.3) is 0 Å². The number of nitrogens with zero attached hydrogens (tertiary/aromatic N) is 1. The fourth-order valence-corrected chi connectivity index (χ4v) is 4.65. The smallest absolute Gasteiger partial charge is 0.262 e. The second-order valence-corrected chi connectivity index (χ2v) is 8.52. The first-order chi connectivity index (χ1) is 12.8. The van der Waals surface area contributed by atoms with Gasteiger partial charge in [-0.3, -0.25) is 4.72 Å². The summed E-state index contributed by atoms with van der Waals surface area (Å²) in [5, 5.41) is 0. The molecule has 146 valence electrons. The molecular weight excluding hydrogens is 364 g/mol. The van der Waals surface area contributed by atoms with Crippen molar-refractivity contribution in [3.05, 3.63) is 47.5 Å². The van der Waals surface area contributed by atoms with Gasteiger partial charge in [0.15, 0.2) is 0 Å². The van der Waals surface area contributed by atoms with Crippen LogP contribution < -0.4 is 14.4 Å². The highest BCUT2D eigenvalue weighted by Gasteiger charge is 2.20. The van der Waals surface area contributed by atoms with Crippen molar-refractivity contribution < 1.29 is 17.9 Å². The molecule has 0 spiro atoms. The SMILES string of the molecule is COc1cc(C)c(S(=O)(=O)Nc2ccc(N3CCOC(C)C3)cc2)cc1C. The van der Waals surface area contributed by atoms with E-state index >= 15 is 0 Å². The van der Waals surface area contributed by atoms with Crippen molar-refractivity contribution >= 4 is 21.4 Å². The Morgan fingerprint density at radius 3 is 2.48 bits per heavy atom. The fraction of sp³-hybridized carbons (Fsp3) is 0.400. The first-order valence-corrected chi connectivity index (χ1v) is 10.4. The van der Waals surface area contributed by atoms with E-state index in [-0.39, 0.29) is 11.0 Å². The van der Waals surface area contributed by atoms with Crippen molar-refractivity contribution in [2.45, 2.75) is 31.8 Å². The van der Waals surface area contributed by atoms with Crippen LogP contribution in [0.5, 0.6) is 5.75 Å². The zero-order valence-electron chi connectivity index (χ0n) is 16.2. The molecule has 1 heterocycles. The van der Waals surface area contributed by atoms with Gasteiger partial charge in [0.25, 0.3) is 10.0 Å². The first-order valence-electron chi connectivity index (χ1n) is 8.95. The van der Waals surface area contributed by atoms with Gasteiger partial charge in [0.2, 0.25) is 0 Å². The summed E-state index contributed by atoms with van der Waals surface area (Å²) in [7, 11) is -2.10.